The first-order valence-electron chi connectivity index (χ1n) is 6.01. The number of hydrogen-bond acceptors (Lipinski definition) is 2. The van der Waals surface area contributed by atoms with E-state index in [4.69, 9.17) is 5.73 Å². The predicted molar refractivity (Wildman–Crippen MR) is 71.9 cm³/mol. The van der Waals surface area contributed by atoms with Gasteiger partial charge in [-0.2, -0.15) is 0 Å². The van der Waals surface area contributed by atoms with Gasteiger partial charge in [0.2, 0.25) is 0 Å². The van der Waals surface area contributed by atoms with Crippen molar-refractivity contribution < 1.29 is 0 Å². The maximum absolute atomic E-state index is 5.89. The molecule has 0 unspecified atom stereocenters. The van der Waals surface area contributed by atoms with Crippen molar-refractivity contribution in [3.8, 4) is 0 Å². The van der Waals surface area contributed by atoms with Gasteiger partial charge in [0.15, 0.2) is 0 Å². The summed E-state index contributed by atoms with van der Waals surface area (Å²) < 4.78 is 0. The Balaban J connectivity index is 1.95. The predicted octanol–water partition coefficient (Wildman–Crippen LogP) is 3.15. The highest BCUT2D eigenvalue weighted by atomic mass is 14.8. The second-order valence-corrected chi connectivity index (χ2v) is 4.33. The summed E-state index contributed by atoms with van der Waals surface area (Å²) >= 11 is 0. The molecule has 0 saturated heterocycles. The second kappa shape index (κ2) is 5.48. The Kier molecular flexibility index (Phi) is 3.76. The molecule has 1 aromatic heterocycles. The highest BCUT2D eigenvalue weighted by molar-refractivity contribution is 5.43. The number of rotatable bonds is 4. The second-order valence-electron chi connectivity index (χ2n) is 4.33. The average molecular weight is 226 g/mol. The number of nitrogens with zero attached hydrogens (tertiary/aromatic N) is 1. The molecule has 2 rings (SSSR count). The zero-order valence-electron chi connectivity index (χ0n) is 10.2. The number of anilines is 1. The van der Waals surface area contributed by atoms with E-state index in [1.807, 2.05) is 12.1 Å². The molecule has 17 heavy (non-hydrogen) atoms. The molecule has 0 aliphatic rings. The Morgan fingerprint density at radius 2 is 1.82 bits per heavy atom. The fourth-order valence-corrected chi connectivity index (χ4v) is 2.05. The minimum Gasteiger partial charge on any atom is -0.383 e. The molecule has 0 aliphatic heterocycles. The molecule has 1 aromatic carbocycles. The number of pyridine rings is 1. The minimum atomic E-state index is 0.679. The maximum atomic E-state index is 5.89. The van der Waals surface area contributed by atoms with Crippen LogP contribution in [-0.2, 0) is 12.8 Å². The zero-order valence-corrected chi connectivity index (χ0v) is 10.2. The number of hydrogen-bond donors (Lipinski definition) is 1. The van der Waals surface area contributed by atoms with E-state index in [-0.39, 0.29) is 0 Å². The van der Waals surface area contributed by atoms with Crippen LogP contribution in [0.15, 0.2) is 42.6 Å². The van der Waals surface area contributed by atoms with Gasteiger partial charge in [-0.1, -0.05) is 30.3 Å². The van der Waals surface area contributed by atoms with Gasteiger partial charge in [-0.15, -0.1) is 0 Å². The minimum absolute atomic E-state index is 0.679. The van der Waals surface area contributed by atoms with Crippen LogP contribution in [0.5, 0.6) is 0 Å². The third-order valence-electron chi connectivity index (χ3n) is 3.06. The van der Waals surface area contributed by atoms with Crippen LogP contribution < -0.4 is 5.73 Å². The molecule has 0 atom stereocenters. The fraction of sp³-hybridized carbons (Fsp3) is 0.267. The van der Waals surface area contributed by atoms with Gasteiger partial charge >= 0.3 is 0 Å². The zero-order chi connectivity index (χ0) is 12.1. The quantitative estimate of drug-likeness (QED) is 0.869. The molecular weight excluding hydrogens is 208 g/mol. The van der Waals surface area contributed by atoms with Gasteiger partial charge in [-0.05, 0) is 48.9 Å². The van der Waals surface area contributed by atoms with Gasteiger partial charge in [0.25, 0.3) is 0 Å². The summed E-state index contributed by atoms with van der Waals surface area (Å²) in [4.78, 5) is 4.14. The summed E-state index contributed by atoms with van der Waals surface area (Å²) in [5.41, 5.74) is 9.71. The van der Waals surface area contributed by atoms with E-state index in [9.17, 15) is 0 Å². The number of nitrogens with two attached hydrogens (primary N) is 1. The summed E-state index contributed by atoms with van der Waals surface area (Å²) in [5, 5.41) is 0. The van der Waals surface area contributed by atoms with Crippen molar-refractivity contribution in [2.24, 2.45) is 0 Å². The molecule has 0 saturated carbocycles. The molecular formula is C15H18N2. The number of benzene rings is 1. The Labute approximate surface area is 103 Å². The number of nitrogen functional groups attached to an aromatic ring is 1. The van der Waals surface area contributed by atoms with Gasteiger partial charge in [0, 0.05) is 6.20 Å². The summed E-state index contributed by atoms with van der Waals surface area (Å²) in [6.45, 7) is 2.09. The van der Waals surface area contributed by atoms with E-state index < -0.39 is 0 Å². The lowest BCUT2D eigenvalue weighted by Crippen LogP contribution is -2.01. The first kappa shape index (κ1) is 11.6. The standard InChI is InChI=1S/C15H18N2/c1-12-10-11-17-15(16)14(12)9-5-8-13-6-3-2-4-7-13/h2-4,6-7,10-11H,5,8-9H2,1H3,(H2,16,17). The first-order chi connectivity index (χ1) is 8.27. The lowest BCUT2D eigenvalue weighted by atomic mass is 10.0. The van der Waals surface area contributed by atoms with Crippen LogP contribution in [0.3, 0.4) is 0 Å². The summed E-state index contributed by atoms with van der Waals surface area (Å²) in [6, 6.07) is 12.6. The van der Waals surface area contributed by atoms with Gasteiger partial charge < -0.3 is 5.73 Å². The molecule has 2 aromatic rings. The number of aromatic nitrogens is 1. The Hall–Kier alpha value is -1.83. The first-order valence-corrected chi connectivity index (χ1v) is 6.01. The van der Waals surface area contributed by atoms with Crippen molar-refractivity contribution in [1.82, 2.24) is 4.98 Å². The largest absolute Gasteiger partial charge is 0.383 e. The van der Waals surface area contributed by atoms with Crippen LogP contribution in [-0.4, -0.2) is 4.98 Å². The monoisotopic (exact) mass is 226 g/mol. The van der Waals surface area contributed by atoms with Crippen molar-refractivity contribution >= 4 is 5.82 Å². The van der Waals surface area contributed by atoms with E-state index in [0.29, 0.717) is 5.82 Å². The number of aryl methyl sites for hydroxylation is 2. The van der Waals surface area contributed by atoms with E-state index in [1.165, 1.54) is 16.7 Å². The summed E-state index contributed by atoms with van der Waals surface area (Å²) in [5.74, 6) is 0.679. The molecule has 0 amide bonds. The van der Waals surface area contributed by atoms with Crippen LogP contribution in [0.2, 0.25) is 0 Å². The Morgan fingerprint density at radius 1 is 1.06 bits per heavy atom. The fourth-order valence-electron chi connectivity index (χ4n) is 2.05. The highest BCUT2D eigenvalue weighted by Crippen LogP contribution is 2.16. The third kappa shape index (κ3) is 3.06. The summed E-state index contributed by atoms with van der Waals surface area (Å²) in [6.07, 6.45) is 4.97. The smallest absolute Gasteiger partial charge is 0.126 e. The summed E-state index contributed by atoms with van der Waals surface area (Å²) in [7, 11) is 0. The van der Waals surface area contributed by atoms with Gasteiger partial charge in [0.05, 0.1) is 0 Å². The lowest BCUT2D eigenvalue weighted by Gasteiger charge is -2.08. The normalized spacial score (nSPS) is 10.4. The van der Waals surface area contributed by atoms with Crippen molar-refractivity contribution in [2.45, 2.75) is 26.2 Å². The average Bonchev–Trinajstić information content (AvgIpc) is 2.34. The van der Waals surface area contributed by atoms with Crippen molar-refractivity contribution in [1.29, 1.82) is 0 Å². The maximum Gasteiger partial charge on any atom is 0.126 e. The van der Waals surface area contributed by atoms with Crippen LogP contribution in [0.25, 0.3) is 0 Å². The van der Waals surface area contributed by atoms with Crippen molar-refractivity contribution in [3.63, 3.8) is 0 Å². The lowest BCUT2D eigenvalue weighted by molar-refractivity contribution is 0.814. The SMILES string of the molecule is Cc1ccnc(N)c1CCCc1ccccc1. The van der Waals surface area contributed by atoms with E-state index in [0.717, 1.165) is 19.3 Å². The highest BCUT2D eigenvalue weighted by Gasteiger charge is 2.03. The van der Waals surface area contributed by atoms with Gasteiger partial charge in [-0.25, -0.2) is 4.98 Å². The molecule has 2 nitrogen and oxygen atoms in total. The third-order valence-corrected chi connectivity index (χ3v) is 3.06. The van der Waals surface area contributed by atoms with Crippen LogP contribution in [0, 0.1) is 6.92 Å². The van der Waals surface area contributed by atoms with E-state index >= 15 is 0 Å². The topological polar surface area (TPSA) is 38.9 Å². The molecule has 0 radical (unpaired) electrons. The van der Waals surface area contributed by atoms with Crippen molar-refractivity contribution in [2.75, 3.05) is 5.73 Å². The molecule has 88 valence electrons. The van der Waals surface area contributed by atoms with Gasteiger partial charge in [-0.3, -0.25) is 0 Å². The van der Waals surface area contributed by atoms with Crippen LogP contribution in [0.1, 0.15) is 23.1 Å². The molecule has 0 aliphatic carbocycles. The Morgan fingerprint density at radius 3 is 2.53 bits per heavy atom. The van der Waals surface area contributed by atoms with Gasteiger partial charge in [0.1, 0.15) is 5.82 Å². The molecule has 0 fully saturated rings. The Bertz CT molecular complexity index is 457. The molecule has 0 bridgehead atoms. The van der Waals surface area contributed by atoms with E-state index in [1.54, 1.807) is 6.20 Å². The molecule has 0 spiro atoms. The van der Waals surface area contributed by atoms with Crippen LogP contribution in [0.4, 0.5) is 5.82 Å². The van der Waals surface area contributed by atoms with Crippen LogP contribution >= 0.6 is 0 Å². The molecule has 2 N–H and O–H groups in total. The molecule has 1 heterocycles. The molecule has 2 heteroatoms. The van der Waals surface area contributed by atoms with E-state index in [2.05, 4.69) is 36.2 Å². The van der Waals surface area contributed by atoms with Crippen molar-refractivity contribution in [3.05, 3.63) is 59.3 Å².